The minimum atomic E-state index is -4.36. The lowest BCUT2D eigenvalue weighted by Crippen LogP contribution is -2.55. The van der Waals surface area contributed by atoms with Gasteiger partial charge in [0.1, 0.15) is 0 Å². The molecule has 4 rings (SSSR count). The molecule has 9 heteroatoms. The summed E-state index contributed by atoms with van der Waals surface area (Å²) < 4.78 is 50.5. The molecule has 1 aliphatic carbocycles. The van der Waals surface area contributed by atoms with Gasteiger partial charge in [0.05, 0.1) is 23.7 Å². The number of carbonyl (C=O) groups excluding carboxylic acids is 1. The standard InChI is InChI=1S/C26H38F3N3O3/c1-18(2)25(9-7-20(16-25)30-22-8-14-35-17-23(22)34-3)24(33)32-12-10-31(11-13-32)21-6-4-5-19(15-21)26(27,28)29/h4-6,15,18,20,22-23,30H,7-14,16-17H2,1-3H3/t20-,22?,23?,25?/m1/s1. The topological polar surface area (TPSA) is 54.0 Å². The Kier molecular flexibility index (Phi) is 7.98. The molecule has 1 aromatic rings. The fraction of sp³-hybridized carbons (Fsp3) is 0.731. The van der Waals surface area contributed by atoms with Crippen LogP contribution in [0.1, 0.15) is 45.1 Å². The zero-order valence-corrected chi connectivity index (χ0v) is 20.9. The number of nitrogens with zero attached hydrogens (tertiary/aromatic N) is 2. The van der Waals surface area contributed by atoms with Crippen molar-refractivity contribution in [2.24, 2.45) is 11.3 Å². The molecule has 2 saturated heterocycles. The van der Waals surface area contributed by atoms with Crippen LogP contribution in [-0.2, 0) is 20.4 Å². The first-order chi connectivity index (χ1) is 16.6. The Morgan fingerprint density at radius 2 is 1.94 bits per heavy atom. The van der Waals surface area contributed by atoms with Crippen molar-refractivity contribution < 1.29 is 27.4 Å². The van der Waals surface area contributed by atoms with E-state index < -0.39 is 17.2 Å². The largest absolute Gasteiger partial charge is 0.416 e. The summed E-state index contributed by atoms with van der Waals surface area (Å²) in [6.07, 6.45) is -0.853. The minimum absolute atomic E-state index is 0.0254. The molecular weight excluding hydrogens is 459 g/mol. The van der Waals surface area contributed by atoms with Gasteiger partial charge in [0.25, 0.3) is 0 Å². The molecule has 3 aliphatic rings. The minimum Gasteiger partial charge on any atom is -0.379 e. The number of nitrogens with one attached hydrogen (secondary N) is 1. The molecule has 2 heterocycles. The van der Waals surface area contributed by atoms with Gasteiger partial charge >= 0.3 is 6.18 Å². The van der Waals surface area contributed by atoms with Gasteiger partial charge in [-0.2, -0.15) is 13.2 Å². The average Bonchev–Trinajstić information content (AvgIpc) is 3.29. The zero-order chi connectivity index (χ0) is 25.2. The molecule has 2 aliphatic heterocycles. The lowest BCUT2D eigenvalue weighted by Gasteiger charge is -2.42. The molecule has 4 atom stereocenters. The molecule has 1 saturated carbocycles. The summed E-state index contributed by atoms with van der Waals surface area (Å²) in [7, 11) is 1.71. The molecule has 3 fully saturated rings. The maximum atomic E-state index is 13.8. The third-order valence-corrected chi connectivity index (χ3v) is 8.24. The van der Waals surface area contributed by atoms with E-state index in [0.717, 1.165) is 31.7 Å². The van der Waals surface area contributed by atoms with E-state index in [9.17, 15) is 18.0 Å². The van der Waals surface area contributed by atoms with Gasteiger partial charge < -0.3 is 24.6 Å². The molecule has 1 N–H and O–H groups in total. The summed E-state index contributed by atoms with van der Waals surface area (Å²) in [6, 6.07) is 5.93. The van der Waals surface area contributed by atoms with Crippen LogP contribution in [0.4, 0.5) is 18.9 Å². The van der Waals surface area contributed by atoms with Gasteiger partial charge in [-0.05, 0) is 49.8 Å². The van der Waals surface area contributed by atoms with E-state index in [1.807, 2.05) is 9.80 Å². The summed E-state index contributed by atoms with van der Waals surface area (Å²) in [4.78, 5) is 17.7. The van der Waals surface area contributed by atoms with E-state index in [-0.39, 0.29) is 30.0 Å². The van der Waals surface area contributed by atoms with Gasteiger partial charge in [0.15, 0.2) is 0 Å². The van der Waals surface area contributed by atoms with Crippen molar-refractivity contribution in [3.8, 4) is 0 Å². The Bertz CT molecular complexity index is 873. The van der Waals surface area contributed by atoms with E-state index in [1.165, 1.54) is 12.1 Å². The Balaban J connectivity index is 1.38. The molecule has 3 unspecified atom stereocenters. The molecule has 35 heavy (non-hydrogen) atoms. The first-order valence-electron chi connectivity index (χ1n) is 12.7. The summed E-state index contributed by atoms with van der Waals surface area (Å²) in [5.74, 6) is 0.395. The number of hydrogen-bond acceptors (Lipinski definition) is 5. The number of methoxy groups -OCH3 is 1. The summed E-state index contributed by atoms with van der Waals surface area (Å²) in [6.45, 7) is 7.67. The smallest absolute Gasteiger partial charge is 0.379 e. The number of hydrogen-bond donors (Lipinski definition) is 1. The van der Waals surface area contributed by atoms with Crippen LogP contribution in [0, 0.1) is 11.3 Å². The second-order valence-corrected chi connectivity index (χ2v) is 10.5. The van der Waals surface area contributed by atoms with Crippen molar-refractivity contribution in [2.45, 2.75) is 63.9 Å². The van der Waals surface area contributed by atoms with Crippen LogP contribution in [0.15, 0.2) is 24.3 Å². The van der Waals surface area contributed by atoms with E-state index in [0.29, 0.717) is 45.1 Å². The maximum absolute atomic E-state index is 13.8. The predicted octanol–water partition coefficient (Wildman–Crippen LogP) is 3.94. The molecule has 1 aromatic carbocycles. The number of ether oxygens (including phenoxy) is 2. The molecule has 0 radical (unpaired) electrons. The van der Waals surface area contributed by atoms with Crippen molar-refractivity contribution in [1.29, 1.82) is 0 Å². The quantitative estimate of drug-likeness (QED) is 0.645. The second-order valence-electron chi connectivity index (χ2n) is 10.5. The number of halogens is 3. The number of alkyl halides is 3. The van der Waals surface area contributed by atoms with Crippen LogP contribution in [0.5, 0.6) is 0 Å². The van der Waals surface area contributed by atoms with Crippen molar-refractivity contribution in [2.75, 3.05) is 51.4 Å². The highest BCUT2D eigenvalue weighted by atomic mass is 19.4. The predicted molar refractivity (Wildman–Crippen MR) is 128 cm³/mol. The molecule has 6 nitrogen and oxygen atoms in total. The summed E-state index contributed by atoms with van der Waals surface area (Å²) in [5.41, 5.74) is -0.499. The third kappa shape index (κ3) is 5.62. The Morgan fingerprint density at radius 3 is 2.60 bits per heavy atom. The molecular formula is C26H38F3N3O3. The van der Waals surface area contributed by atoms with E-state index in [2.05, 4.69) is 19.2 Å². The molecule has 0 spiro atoms. The summed E-state index contributed by atoms with van der Waals surface area (Å²) in [5, 5.41) is 3.76. The number of anilines is 1. The first kappa shape index (κ1) is 26.2. The summed E-state index contributed by atoms with van der Waals surface area (Å²) >= 11 is 0. The van der Waals surface area contributed by atoms with Crippen LogP contribution in [0.25, 0.3) is 0 Å². The fourth-order valence-electron chi connectivity index (χ4n) is 5.98. The van der Waals surface area contributed by atoms with E-state index in [1.54, 1.807) is 13.2 Å². The SMILES string of the molecule is COC1COCCC1N[C@@H]1CCC(C(=O)N2CCN(c3cccc(C(F)(F)F)c3)CC2)(C(C)C)C1. The normalized spacial score (nSPS) is 30.2. The van der Waals surface area contributed by atoms with E-state index >= 15 is 0 Å². The van der Waals surface area contributed by atoms with Gasteiger partial charge in [-0.15, -0.1) is 0 Å². The van der Waals surface area contributed by atoms with Gasteiger partial charge in [-0.1, -0.05) is 19.9 Å². The second kappa shape index (κ2) is 10.6. The monoisotopic (exact) mass is 497 g/mol. The van der Waals surface area contributed by atoms with Gasteiger partial charge in [-0.25, -0.2) is 0 Å². The lowest BCUT2D eigenvalue weighted by molar-refractivity contribution is -0.145. The molecule has 1 amide bonds. The zero-order valence-electron chi connectivity index (χ0n) is 20.9. The lowest BCUT2D eigenvalue weighted by atomic mass is 9.74. The number of carbonyl (C=O) groups is 1. The third-order valence-electron chi connectivity index (χ3n) is 8.24. The average molecular weight is 498 g/mol. The number of piperazine rings is 1. The Labute approximate surface area is 206 Å². The Hall–Kier alpha value is -1.84. The first-order valence-corrected chi connectivity index (χ1v) is 12.7. The van der Waals surface area contributed by atoms with Crippen LogP contribution < -0.4 is 10.2 Å². The maximum Gasteiger partial charge on any atom is 0.416 e. The molecule has 0 bridgehead atoms. The van der Waals surface area contributed by atoms with Crippen LogP contribution >= 0.6 is 0 Å². The van der Waals surface area contributed by atoms with Crippen molar-refractivity contribution in [1.82, 2.24) is 10.2 Å². The van der Waals surface area contributed by atoms with Crippen LogP contribution in [0.3, 0.4) is 0 Å². The van der Waals surface area contributed by atoms with Crippen LogP contribution in [0.2, 0.25) is 0 Å². The van der Waals surface area contributed by atoms with Gasteiger partial charge in [-0.3, -0.25) is 4.79 Å². The van der Waals surface area contributed by atoms with Crippen molar-refractivity contribution in [3.63, 3.8) is 0 Å². The molecule has 196 valence electrons. The van der Waals surface area contributed by atoms with Gasteiger partial charge in [0.2, 0.25) is 5.91 Å². The number of benzene rings is 1. The highest BCUT2D eigenvalue weighted by molar-refractivity contribution is 5.84. The number of amides is 1. The van der Waals surface area contributed by atoms with Crippen molar-refractivity contribution >= 4 is 11.6 Å². The highest BCUT2D eigenvalue weighted by Gasteiger charge is 2.50. The fourth-order valence-corrected chi connectivity index (χ4v) is 5.98. The van der Waals surface area contributed by atoms with Crippen LogP contribution in [-0.4, -0.2) is 75.5 Å². The highest BCUT2D eigenvalue weighted by Crippen LogP contribution is 2.46. The molecule has 0 aromatic heterocycles. The number of rotatable bonds is 6. The van der Waals surface area contributed by atoms with Gasteiger partial charge in [0, 0.05) is 57.7 Å². The van der Waals surface area contributed by atoms with E-state index in [4.69, 9.17) is 9.47 Å². The van der Waals surface area contributed by atoms with Crippen molar-refractivity contribution in [3.05, 3.63) is 29.8 Å². The Morgan fingerprint density at radius 1 is 1.20 bits per heavy atom.